The van der Waals surface area contributed by atoms with Gasteiger partial charge in [-0.05, 0) is 12.1 Å². The largest absolute Gasteiger partial charge is 0.323 e. The summed E-state index contributed by atoms with van der Waals surface area (Å²) in [6.45, 7) is 0. The van der Waals surface area contributed by atoms with Crippen LogP contribution in [0.25, 0.3) is 16.9 Å². The van der Waals surface area contributed by atoms with Crippen molar-refractivity contribution < 1.29 is 8.42 Å². The number of rotatable bonds is 3. The normalized spacial score (nSPS) is 10.6. The molecule has 0 saturated heterocycles. The number of thiol groups is 1. The molecule has 134 valence electrons. The summed E-state index contributed by atoms with van der Waals surface area (Å²) in [7, 11) is -0.749. The molecule has 0 unspecified atom stereocenters. The monoisotopic (exact) mass is 372 g/mol. The predicted octanol–water partition coefficient (Wildman–Crippen LogP) is 0.740. The number of hydrogen-bond acceptors (Lipinski definition) is 7. The third kappa shape index (κ3) is 4.20. The van der Waals surface area contributed by atoms with Gasteiger partial charge < -0.3 is 5.32 Å². The first kappa shape index (κ1) is 17.5. The molecule has 4 aromatic rings. The van der Waals surface area contributed by atoms with Gasteiger partial charge in [0.15, 0.2) is 16.5 Å². The van der Waals surface area contributed by atoms with E-state index in [1.165, 1.54) is 0 Å². The number of para-hydroxylation sites is 1. The standard InChI is InChI=1S/C15H13N7.H3NO2S/c1-21-10-11(9-17-21)13-14-19-15(20-22(14)8-7-16-13)18-12-5-3-2-4-6-12;1-4(2)3/h2-10H,1H3,(H,18,20);4H,(H2,1,2,3). The fraction of sp³-hybridized carbons (Fsp3) is 0.0667. The first-order chi connectivity index (χ1) is 12.5. The van der Waals surface area contributed by atoms with E-state index in [2.05, 4.69) is 30.6 Å². The molecule has 0 bridgehead atoms. The third-order valence-electron chi connectivity index (χ3n) is 3.26. The number of nitrogens with one attached hydrogen (secondary N) is 1. The molecule has 0 aliphatic carbocycles. The highest BCUT2D eigenvalue weighted by Crippen LogP contribution is 2.22. The van der Waals surface area contributed by atoms with Gasteiger partial charge in [-0.3, -0.25) is 9.67 Å². The van der Waals surface area contributed by atoms with Crippen LogP contribution in [0.15, 0.2) is 55.1 Å². The zero-order valence-corrected chi connectivity index (χ0v) is 14.6. The fourth-order valence-corrected chi connectivity index (χ4v) is 2.27. The molecular weight excluding hydrogens is 356 g/mol. The fourth-order valence-electron chi connectivity index (χ4n) is 2.27. The van der Waals surface area contributed by atoms with Crippen LogP contribution >= 0.6 is 0 Å². The summed E-state index contributed by atoms with van der Waals surface area (Å²) in [5, 5.41) is 15.9. The van der Waals surface area contributed by atoms with Crippen molar-refractivity contribution in [3.63, 3.8) is 0 Å². The molecule has 1 aromatic carbocycles. The molecule has 3 heterocycles. The second-order valence-electron chi connectivity index (χ2n) is 5.16. The molecule has 3 aromatic heterocycles. The average Bonchev–Trinajstić information content (AvgIpc) is 3.20. The van der Waals surface area contributed by atoms with Crippen LogP contribution in [0.2, 0.25) is 0 Å². The smallest absolute Gasteiger partial charge is 0.247 e. The Bertz CT molecular complexity index is 1080. The van der Waals surface area contributed by atoms with E-state index >= 15 is 0 Å². The predicted molar refractivity (Wildman–Crippen MR) is 97.2 cm³/mol. The number of benzene rings is 1. The van der Waals surface area contributed by atoms with Gasteiger partial charge in [0, 0.05) is 36.9 Å². The van der Waals surface area contributed by atoms with Crippen molar-refractivity contribution in [1.29, 1.82) is 0 Å². The minimum atomic E-state index is -2.62. The van der Waals surface area contributed by atoms with E-state index < -0.39 is 10.9 Å². The van der Waals surface area contributed by atoms with Gasteiger partial charge in [0.1, 0.15) is 5.69 Å². The molecule has 26 heavy (non-hydrogen) atoms. The molecule has 0 fully saturated rings. The molecule has 0 atom stereocenters. The molecular formula is C15H16N8O2S. The minimum absolute atomic E-state index is 0.532. The second-order valence-corrected chi connectivity index (χ2v) is 5.73. The zero-order chi connectivity index (χ0) is 18.5. The Kier molecular flexibility index (Phi) is 5.20. The molecule has 0 spiro atoms. The molecule has 11 heteroatoms. The lowest BCUT2D eigenvalue weighted by molar-refractivity contribution is 0.616. The van der Waals surface area contributed by atoms with E-state index in [1.54, 1.807) is 27.8 Å². The number of aryl methyl sites for hydroxylation is 1. The van der Waals surface area contributed by atoms with Gasteiger partial charge in [-0.1, -0.05) is 18.2 Å². The number of aromatic nitrogens is 6. The molecule has 10 nitrogen and oxygen atoms in total. The van der Waals surface area contributed by atoms with Gasteiger partial charge in [-0.2, -0.15) is 10.1 Å². The maximum absolute atomic E-state index is 8.81. The van der Waals surface area contributed by atoms with Crippen molar-refractivity contribution in [1.82, 2.24) is 29.4 Å². The quantitative estimate of drug-likeness (QED) is 0.452. The Morgan fingerprint density at radius 3 is 2.58 bits per heavy atom. The maximum Gasteiger partial charge on any atom is 0.247 e. The van der Waals surface area contributed by atoms with Gasteiger partial charge in [0.25, 0.3) is 0 Å². The molecule has 0 amide bonds. The van der Waals surface area contributed by atoms with Crippen molar-refractivity contribution in [2.45, 2.75) is 0 Å². The van der Waals surface area contributed by atoms with Gasteiger partial charge >= 0.3 is 0 Å². The summed E-state index contributed by atoms with van der Waals surface area (Å²) in [5.41, 5.74) is 3.29. The van der Waals surface area contributed by atoms with Crippen LogP contribution in [0.4, 0.5) is 11.6 Å². The van der Waals surface area contributed by atoms with Crippen LogP contribution in [-0.2, 0) is 17.9 Å². The van der Waals surface area contributed by atoms with Gasteiger partial charge in [0.2, 0.25) is 5.95 Å². The molecule has 0 radical (unpaired) electrons. The Labute approximate surface area is 150 Å². The lowest BCUT2D eigenvalue weighted by Gasteiger charge is -1.98. The Morgan fingerprint density at radius 2 is 1.92 bits per heavy atom. The molecule has 0 saturated carbocycles. The van der Waals surface area contributed by atoms with Crippen LogP contribution in [0.3, 0.4) is 0 Å². The molecule has 3 N–H and O–H groups in total. The topological polar surface area (TPSA) is 133 Å². The van der Waals surface area contributed by atoms with E-state index in [0.717, 1.165) is 16.9 Å². The van der Waals surface area contributed by atoms with Crippen LogP contribution in [0.5, 0.6) is 0 Å². The van der Waals surface area contributed by atoms with Crippen molar-refractivity contribution >= 4 is 28.2 Å². The van der Waals surface area contributed by atoms with E-state index in [9.17, 15) is 0 Å². The van der Waals surface area contributed by atoms with Gasteiger partial charge in [0.05, 0.1) is 6.20 Å². The summed E-state index contributed by atoms with van der Waals surface area (Å²) in [6.07, 6.45) is 7.15. The van der Waals surface area contributed by atoms with Crippen LogP contribution < -0.4 is 10.5 Å². The highest BCUT2D eigenvalue weighted by Gasteiger charge is 2.12. The van der Waals surface area contributed by atoms with Crippen molar-refractivity contribution in [2.75, 3.05) is 5.32 Å². The van der Waals surface area contributed by atoms with Gasteiger partial charge in [-0.25, -0.2) is 18.1 Å². The number of hydrogen-bond donors (Lipinski definition) is 3. The Morgan fingerprint density at radius 1 is 1.19 bits per heavy atom. The summed E-state index contributed by atoms with van der Waals surface area (Å²) in [6, 6.07) is 9.81. The van der Waals surface area contributed by atoms with Crippen molar-refractivity contribution in [3.8, 4) is 11.3 Å². The van der Waals surface area contributed by atoms with Crippen LogP contribution in [0, 0.1) is 0 Å². The van der Waals surface area contributed by atoms with E-state index in [-0.39, 0.29) is 0 Å². The van der Waals surface area contributed by atoms with E-state index in [0.29, 0.717) is 11.6 Å². The Balaban J connectivity index is 0.000000447. The number of nitrogens with two attached hydrogens (primary N) is 1. The van der Waals surface area contributed by atoms with Gasteiger partial charge in [-0.15, -0.1) is 5.10 Å². The molecule has 0 aliphatic rings. The van der Waals surface area contributed by atoms with Crippen LogP contribution in [-0.4, -0.2) is 37.8 Å². The molecule has 0 aliphatic heterocycles. The zero-order valence-electron chi connectivity index (χ0n) is 13.7. The number of anilines is 2. The second kappa shape index (κ2) is 7.72. The van der Waals surface area contributed by atoms with Crippen LogP contribution in [0.1, 0.15) is 0 Å². The average molecular weight is 372 g/mol. The third-order valence-corrected chi connectivity index (χ3v) is 3.26. The maximum atomic E-state index is 8.81. The van der Waals surface area contributed by atoms with E-state index in [1.807, 2.05) is 43.6 Å². The summed E-state index contributed by atoms with van der Waals surface area (Å²) >= 11 is 0. The highest BCUT2D eigenvalue weighted by atomic mass is 32.2. The van der Waals surface area contributed by atoms with Crippen molar-refractivity contribution in [3.05, 3.63) is 55.1 Å². The Hall–Kier alpha value is -3.31. The molecule has 4 rings (SSSR count). The summed E-state index contributed by atoms with van der Waals surface area (Å²) < 4.78 is 21.1. The summed E-state index contributed by atoms with van der Waals surface area (Å²) in [5.74, 6) is 0.532. The van der Waals surface area contributed by atoms with Crippen molar-refractivity contribution in [2.24, 2.45) is 12.2 Å². The number of fused-ring (bicyclic) bond motifs is 1. The lowest BCUT2D eigenvalue weighted by Crippen LogP contribution is -1.93. The minimum Gasteiger partial charge on any atom is -0.323 e. The first-order valence-corrected chi connectivity index (χ1v) is 8.69. The highest BCUT2D eigenvalue weighted by molar-refractivity contribution is 7.69. The number of nitrogens with zero attached hydrogens (tertiary/aromatic N) is 6. The lowest BCUT2D eigenvalue weighted by atomic mass is 10.2. The first-order valence-electron chi connectivity index (χ1n) is 7.44. The van der Waals surface area contributed by atoms with E-state index in [4.69, 9.17) is 8.42 Å². The SMILES string of the molecule is Cn1cc(-c2nccn3nc(Nc4ccccc4)nc23)cn1.N[SH](=O)=O. The summed E-state index contributed by atoms with van der Waals surface area (Å²) in [4.78, 5) is 8.94.